The van der Waals surface area contributed by atoms with Gasteiger partial charge in [0.25, 0.3) is 11.8 Å². The highest BCUT2D eigenvalue weighted by molar-refractivity contribution is 5.95. The van der Waals surface area contributed by atoms with Gasteiger partial charge in [-0.15, -0.1) is 24.8 Å². The molecule has 3 fully saturated rings. The van der Waals surface area contributed by atoms with Gasteiger partial charge in [-0.1, -0.05) is 24.3 Å². The lowest BCUT2D eigenvalue weighted by Gasteiger charge is -2.41. The Morgan fingerprint density at radius 1 is 0.435 bits per heavy atom. The predicted octanol–water partition coefficient (Wildman–Crippen LogP) is 7.94. The maximum Gasteiger partial charge on any atom is 0.253 e. The molecule has 0 radical (unpaired) electrons. The molecule has 4 aromatic carbocycles. The number of rotatable bonds is 14. The summed E-state index contributed by atoms with van der Waals surface area (Å²) >= 11 is 0. The van der Waals surface area contributed by atoms with Crippen molar-refractivity contribution >= 4 is 36.6 Å². The molecule has 3 heterocycles. The normalized spacial score (nSPS) is 16.4. The maximum atomic E-state index is 13.5. The first kappa shape index (κ1) is 48.2. The van der Waals surface area contributed by atoms with Crippen molar-refractivity contribution in [1.82, 2.24) is 19.6 Å². The van der Waals surface area contributed by atoms with Gasteiger partial charge in [-0.05, 0) is 108 Å². The number of halogens is 2. The first-order valence-electron chi connectivity index (χ1n) is 21.1. The largest absolute Gasteiger partial charge is 0.493 e. The molecule has 14 heteroatoms. The van der Waals surface area contributed by atoms with Crippen LogP contribution in [0.15, 0.2) is 72.8 Å². The molecule has 0 spiro atoms. The molecular weight excluding hydrogens is 831 g/mol. The molecule has 7 rings (SSSR count). The molecule has 0 atom stereocenters. The molecule has 336 valence electrons. The highest BCUT2D eigenvalue weighted by Crippen LogP contribution is 2.42. The first-order valence-corrected chi connectivity index (χ1v) is 21.1. The molecule has 3 saturated heterocycles. The maximum absolute atomic E-state index is 13.5. The predicted molar refractivity (Wildman–Crippen MR) is 248 cm³/mol. The second-order valence-corrected chi connectivity index (χ2v) is 16.1. The van der Waals surface area contributed by atoms with Crippen molar-refractivity contribution in [2.45, 2.75) is 25.7 Å². The zero-order valence-corrected chi connectivity index (χ0v) is 38.5. The second-order valence-electron chi connectivity index (χ2n) is 16.1. The quantitative estimate of drug-likeness (QED) is 0.124. The number of carbonyl (C=O) groups excluding carboxylic acids is 2. The number of benzene rings is 4. The minimum Gasteiger partial charge on any atom is -0.493 e. The topological polar surface area (TPSA) is 102 Å². The van der Waals surface area contributed by atoms with Gasteiger partial charge in [-0.25, -0.2) is 0 Å². The van der Waals surface area contributed by atoms with Crippen molar-refractivity contribution in [2.75, 3.05) is 108 Å². The fourth-order valence-electron chi connectivity index (χ4n) is 8.99. The number of hydrogen-bond donors (Lipinski definition) is 0. The van der Waals surface area contributed by atoms with Gasteiger partial charge in [-0.3, -0.25) is 9.59 Å². The molecular formula is C48H62Cl2N4O8. The highest BCUT2D eigenvalue weighted by atomic mass is 35.5. The van der Waals surface area contributed by atoms with E-state index in [0.29, 0.717) is 57.5 Å². The average Bonchev–Trinajstić information content (AvgIpc) is 3.31. The third-order valence-corrected chi connectivity index (χ3v) is 12.6. The van der Waals surface area contributed by atoms with Crippen molar-refractivity contribution in [3.8, 4) is 56.8 Å². The van der Waals surface area contributed by atoms with E-state index in [-0.39, 0.29) is 36.6 Å². The highest BCUT2D eigenvalue weighted by Gasteiger charge is 2.29. The van der Waals surface area contributed by atoms with Gasteiger partial charge in [0.1, 0.15) is 0 Å². The Morgan fingerprint density at radius 2 is 0.726 bits per heavy atom. The molecule has 4 aromatic rings. The van der Waals surface area contributed by atoms with Gasteiger partial charge in [0.15, 0.2) is 23.0 Å². The number of piperidine rings is 2. The number of likely N-dealkylation sites (tertiary alicyclic amines) is 2. The minimum atomic E-state index is 0. The van der Waals surface area contributed by atoms with E-state index in [1.165, 1.54) is 0 Å². The molecule has 0 bridgehead atoms. The number of hydrogen-bond acceptors (Lipinski definition) is 10. The Balaban J connectivity index is 0.00000363. The monoisotopic (exact) mass is 892 g/mol. The van der Waals surface area contributed by atoms with Crippen molar-refractivity contribution in [2.24, 2.45) is 11.8 Å². The van der Waals surface area contributed by atoms with Crippen molar-refractivity contribution < 1.29 is 38.0 Å². The number of nitrogens with zero attached hydrogens (tertiary/aromatic N) is 4. The van der Waals surface area contributed by atoms with E-state index in [0.717, 1.165) is 113 Å². The van der Waals surface area contributed by atoms with E-state index in [1.807, 2.05) is 82.6 Å². The molecule has 0 saturated carbocycles. The lowest BCUT2D eigenvalue weighted by atomic mass is 9.94. The van der Waals surface area contributed by atoms with Crippen LogP contribution in [0.1, 0.15) is 46.4 Å². The van der Waals surface area contributed by atoms with Crippen LogP contribution in [0.25, 0.3) is 22.3 Å². The van der Waals surface area contributed by atoms with Crippen LogP contribution in [0.3, 0.4) is 0 Å². The summed E-state index contributed by atoms with van der Waals surface area (Å²) in [6.07, 6.45) is 4.13. The van der Waals surface area contributed by atoms with E-state index < -0.39 is 0 Å². The Bertz CT molecular complexity index is 1880. The van der Waals surface area contributed by atoms with Crippen LogP contribution < -0.4 is 28.4 Å². The molecule has 12 nitrogen and oxygen atoms in total. The van der Waals surface area contributed by atoms with Gasteiger partial charge < -0.3 is 48.0 Å². The zero-order chi connectivity index (χ0) is 42.2. The Labute approximate surface area is 379 Å². The summed E-state index contributed by atoms with van der Waals surface area (Å²) in [5.74, 6) is 4.88. The molecule has 62 heavy (non-hydrogen) atoms. The van der Waals surface area contributed by atoms with Crippen molar-refractivity contribution in [3.63, 3.8) is 0 Å². The molecule has 3 aliphatic heterocycles. The lowest BCUT2D eigenvalue weighted by molar-refractivity contribution is 0.0565. The Hall–Kier alpha value is -4.88. The van der Waals surface area contributed by atoms with Crippen molar-refractivity contribution in [1.29, 1.82) is 0 Å². The smallest absolute Gasteiger partial charge is 0.253 e. The third-order valence-electron chi connectivity index (χ3n) is 12.6. The molecule has 0 aliphatic carbocycles. The molecule has 0 N–H and O–H groups in total. The number of amides is 2. The van der Waals surface area contributed by atoms with Crippen LogP contribution >= 0.6 is 24.8 Å². The molecule has 3 aliphatic rings. The SMILES string of the molecule is COc1cc(-c2ccc(C(=O)N3CCC(CN4CCN(CC5CCN(C(=O)c6ccc(-c7cc(OC)c(OC)c(OC)c7)cc6)CC5)CC4)CC3)cc2)cc(OC)c1OC.Cl.Cl. The molecule has 0 unspecified atom stereocenters. The van der Waals surface area contributed by atoms with Crippen molar-refractivity contribution in [3.05, 3.63) is 83.9 Å². The fraction of sp³-hybridized carbons (Fsp3) is 0.458. The van der Waals surface area contributed by atoms with Gasteiger partial charge in [0.2, 0.25) is 11.5 Å². The Morgan fingerprint density at radius 3 is 0.984 bits per heavy atom. The minimum absolute atomic E-state index is 0. The van der Waals surface area contributed by atoms with E-state index in [4.69, 9.17) is 28.4 Å². The van der Waals surface area contributed by atoms with Crippen LogP contribution in [0.2, 0.25) is 0 Å². The lowest BCUT2D eigenvalue weighted by Crippen LogP contribution is -2.50. The van der Waals surface area contributed by atoms with Gasteiger partial charge >= 0.3 is 0 Å². The third kappa shape index (κ3) is 11.0. The molecule has 2 amide bonds. The summed E-state index contributed by atoms with van der Waals surface area (Å²) in [4.78, 5) is 36.2. The van der Waals surface area contributed by atoms with Gasteiger partial charge in [0.05, 0.1) is 42.7 Å². The van der Waals surface area contributed by atoms with Crippen LogP contribution in [-0.2, 0) is 0 Å². The summed E-state index contributed by atoms with van der Waals surface area (Å²) in [7, 11) is 9.61. The zero-order valence-electron chi connectivity index (χ0n) is 36.9. The number of ether oxygens (including phenoxy) is 6. The van der Waals surface area contributed by atoms with E-state index in [9.17, 15) is 9.59 Å². The van der Waals surface area contributed by atoms with E-state index in [1.54, 1.807) is 42.7 Å². The first-order chi connectivity index (χ1) is 29.2. The summed E-state index contributed by atoms with van der Waals surface area (Å²) in [5.41, 5.74) is 5.20. The van der Waals surface area contributed by atoms with E-state index in [2.05, 4.69) is 9.80 Å². The number of piperazine rings is 1. The summed E-state index contributed by atoms with van der Waals surface area (Å²) < 4.78 is 33.0. The molecule has 0 aromatic heterocycles. The number of carbonyl (C=O) groups is 2. The summed E-state index contributed by atoms with van der Waals surface area (Å²) in [6.45, 7) is 9.70. The Kier molecular flexibility index (Phi) is 17.4. The number of methoxy groups -OCH3 is 6. The summed E-state index contributed by atoms with van der Waals surface area (Å²) in [5, 5.41) is 0. The van der Waals surface area contributed by atoms with E-state index >= 15 is 0 Å². The van der Waals surface area contributed by atoms with Gasteiger partial charge in [-0.2, -0.15) is 0 Å². The van der Waals surface area contributed by atoms with Crippen LogP contribution in [-0.4, -0.2) is 140 Å². The second kappa shape index (κ2) is 22.5. The standard InChI is InChI=1S/C48H60N4O8.2ClH/c1-55-41-27-39(28-42(56-2)45(41)59-5)35-7-11-37(12-8-35)47(53)51-19-15-33(16-20-51)31-49-23-25-50(26-24-49)32-34-17-21-52(22-18-34)48(54)38-13-9-36(10-14-38)40-29-43(57-3)46(60-6)44(30-40)58-4;;/h7-14,27-30,33-34H,15-26,31-32H2,1-6H3;2*1H. The fourth-order valence-corrected chi connectivity index (χ4v) is 8.99. The van der Waals surface area contributed by atoms with Crippen LogP contribution in [0.4, 0.5) is 0 Å². The van der Waals surface area contributed by atoms with Crippen LogP contribution in [0.5, 0.6) is 34.5 Å². The average molecular weight is 894 g/mol. The van der Waals surface area contributed by atoms with Crippen LogP contribution in [0, 0.1) is 11.8 Å². The van der Waals surface area contributed by atoms with Gasteiger partial charge in [0, 0.05) is 76.6 Å². The summed E-state index contributed by atoms with van der Waals surface area (Å²) in [6, 6.07) is 23.2.